The molecule has 0 aliphatic rings. The first kappa shape index (κ1) is 17.7. The van der Waals surface area contributed by atoms with Crippen molar-refractivity contribution in [3.8, 4) is 5.75 Å². The number of carbonyl (C=O) groups is 1. The zero-order valence-electron chi connectivity index (χ0n) is 12.3. The van der Waals surface area contributed by atoms with Crippen LogP contribution in [0.2, 0.25) is 10.0 Å². The van der Waals surface area contributed by atoms with E-state index in [-0.39, 0.29) is 32.6 Å². The van der Waals surface area contributed by atoms with Crippen molar-refractivity contribution in [1.29, 1.82) is 0 Å². The minimum Gasteiger partial charge on any atom is -0.494 e. The molecule has 0 saturated heterocycles. The number of hydrogen-bond acceptors (Lipinski definition) is 5. The van der Waals surface area contributed by atoms with Crippen LogP contribution in [0.3, 0.4) is 0 Å². The Hall–Kier alpha value is -2.64. The largest absolute Gasteiger partial charge is 0.494 e. The summed E-state index contributed by atoms with van der Waals surface area (Å²) in [5.74, 6) is -0.467. The molecule has 0 saturated carbocycles. The third kappa shape index (κ3) is 4.01. The number of methoxy groups -OCH3 is 1. The molecule has 1 amide bonds. The molecule has 0 atom stereocenters. The summed E-state index contributed by atoms with van der Waals surface area (Å²) in [7, 11) is 1.36. The van der Waals surface area contributed by atoms with Crippen molar-refractivity contribution in [2.75, 3.05) is 7.11 Å². The van der Waals surface area contributed by atoms with Gasteiger partial charge < -0.3 is 4.74 Å². The van der Waals surface area contributed by atoms with Gasteiger partial charge in [0.1, 0.15) is 5.75 Å². The van der Waals surface area contributed by atoms with Gasteiger partial charge in [0.2, 0.25) is 0 Å². The molecule has 2 aromatic carbocycles. The molecule has 0 unspecified atom stereocenters. The monoisotopic (exact) mass is 367 g/mol. The first-order valence-electron chi connectivity index (χ1n) is 6.54. The van der Waals surface area contributed by atoms with Crippen molar-refractivity contribution in [3.05, 3.63) is 67.7 Å². The highest BCUT2D eigenvalue weighted by atomic mass is 35.5. The van der Waals surface area contributed by atoms with Gasteiger partial charge in [-0.2, -0.15) is 5.10 Å². The fourth-order valence-corrected chi connectivity index (χ4v) is 2.49. The summed E-state index contributed by atoms with van der Waals surface area (Å²) >= 11 is 11.8. The number of amides is 1. The smallest absolute Gasteiger partial charge is 0.278 e. The molecule has 24 heavy (non-hydrogen) atoms. The second-order valence-corrected chi connectivity index (χ2v) is 5.33. The lowest BCUT2D eigenvalue weighted by Gasteiger charge is -2.09. The summed E-state index contributed by atoms with van der Waals surface area (Å²) in [6, 6.07) is 8.81. The molecule has 0 heterocycles. The molecule has 2 aromatic rings. The molecule has 0 radical (unpaired) electrons. The molecule has 0 bridgehead atoms. The van der Waals surface area contributed by atoms with Crippen LogP contribution in [-0.2, 0) is 0 Å². The molecule has 2 rings (SSSR count). The van der Waals surface area contributed by atoms with Crippen LogP contribution in [0.5, 0.6) is 5.75 Å². The van der Waals surface area contributed by atoms with E-state index in [1.807, 2.05) is 0 Å². The van der Waals surface area contributed by atoms with E-state index in [4.69, 9.17) is 27.9 Å². The number of nitrogens with zero attached hydrogens (tertiary/aromatic N) is 2. The fraction of sp³-hybridized carbons (Fsp3) is 0.0667. The first-order chi connectivity index (χ1) is 11.4. The van der Waals surface area contributed by atoms with Gasteiger partial charge >= 0.3 is 0 Å². The van der Waals surface area contributed by atoms with Crippen LogP contribution in [0.15, 0.2) is 41.5 Å². The van der Waals surface area contributed by atoms with Crippen LogP contribution in [0.1, 0.15) is 15.9 Å². The van der Waals surface area contributed by atoms with Gasteiger partial charge in [-0.1, -0.05) is 35.3 Å². The average molecular weight is 368 g/mol. The van der Waals surface area contributed by atoms with Crippen molar-refractivity contribution in [3.63, 3.8) is 0 Å². The summed E-state index contributed by atoms with van der Waals surface area (Å²) in [6.07, 6.45) is 1.18. The zero-order chi connectivity index (χ0) is 17.7. The summed E-state index contributed by atoms with van der Waals surface area (Å²) in [5.41, 5.74) is 2.47. The van der Waals surface area contributed by atoms with E-state index >= 15 is 0 Å². The number of hydrazone groups is 1. The van der Waals surface area contributed by atoms with Crippen molar-refractivity contribution in [2.45, 2.75) is 0 Å². The maximum absolute atomic E-state index is 12.2. The Morgan fingerprint density at radius 1 is 1.33 bits per heavy atom. The van der Waals surface area contributed by atoms with Crippen LogP contribution < -0.4 is 10.2 Å². The van der Waals surface area contributed by atoms with Crippen molar-refractivity contribution < 1.29 is 14.5 Å². The molecule has 124 valence electrons. The Morgan fingerprint density at radius 2 is 2.04 bits per heavy atom. The van der Waals surface area contributed by atoms with Crippen molar-refractivity contribution in [2.24, 2.45) is 5.10 Å². The second-order valence-electron chi connectivity index (χ2n) is 4.48. The maximum atomic E-state index is 12.2. The van der Waals surface area contributed by atoms with Crippen LogP contribution in [0.4, 0.5) is 5.69 Å². The first-order valence-corrected chi connectivity index (χ1v) is 7.29. The number of para-hydroxylation sites is 1. The van der Waals surface area contributed by atoms with E-state index in [1.54, 1.807) is 6.07 Å². The minimum atomic E-state index is -0.619. The molecule has 0 fully saturated rings. The van der Waals surface area contributed by atoms with Crippen LogP contribution in [-0.4, -0.2) is 24.2 Å². The third-order valence-electron chi connectivity index (χ3n) is 2.96. The van der Waals surface area contributed by atoms with Gasteiger partial charge in [-0.3, -0.25) is 14.9 Å². The summed E-state index contributed by atoms with van der Waals surface area (Å²) in [5, 5.41) is 15.1. The van der Waals surface area contributed by atoms with E-state index in [0.717, 1.165) is 0 Å². The lowest BCUT2D eigenvalue weighted by atomic mass is 10.2. The zero-order valence-corrected chi connectivity index (χ0v) is 13.8. The molecule has 1 N–H and O–H groups in total. The van der Waals surface area contributed by atoms with E-state index in [9.17, 15) is 14.9 Å². The Bertz CT molecular complexity index is 824. The molecule has 7 nitrogen and oxygen atoms in total. The van der Waals surface area contributed by atoms with E-state index in [1.165, 1.54) is 43.7 Å². The van der Waals surface area contributed by atoms with Crippen molar-refractivity contribution in [1.82, 2.24) is 5.43 Å². The van der Waals surface area contributed by atoms with Gasteiger partial charge in [0, 0.05) is 11.1 Å². The lowest BCUT2D eigenvalue weighted by Crippen LogP contribution is -2.18. The number of nitrogens with one attached hydrogen (secondary N) is 1. The summed E-state index contributed by atoms with van der Waals surface area (Å²) in [6.45, 7) is 0. The van der Waals surface area contributed by atoms with E-state index in [0.29, 0.717) is 0 Å². The standard InChI is InChI=1S/C15H11Cl2N3O4/c1-24-14-11(6-10(16)7-12(14)17)15(21)19-18-8-9-4-2-3-5-13(9)20(22)23/h2-8H,1H3,(H,19,21)/b18-8-. The lowest BCUT2D eigenvalue weighted by molar-refractivity contribution is -0.385. The average Bonchev–Trinajstić information content (AvgIpc) is 2.54. The number of halogens is 2. The molecule has 0 aromatic heterocycles. The van der Waals surface area contributed by atoms with E-state index in [2.05, 4.69) is 10.5 Å². The molecule has 0 aliphatic carbocycles. The highest BCUT2D eigenvalue weighted by molar-refractivity contribution is 6.36. The molecule has 9 heteroatoms. The van der Waals surface area contributed by atoms with Crippen LogP contribution in [0, 0.1) is 10.1 Å². The van der Waals surface area contributed by atoms with Crippen LogP contribution >= 0.6 is 23.2 Å². The Morgan fingerprint density at radius 3 is 2.71 bits per heavy atom. The number of carbonyl (C=O) groups excluding carboxylic acids is 1. The normalized spacial score (nSPS) is 10.6. The Balaban J connectivity index is 2.22. The summed E-state index contributed by atoms with van der Waals surface area (Å²) < 4.78 is 5.07. The number of nitro benzene ring substituents is 1. The van der Waals surface area contributed by atoms with Crippen LogP contribution in [0.25, 0.3) is 0 Å². The molecular weight excluding hydrogens is 357 g/mol. The second kappa shape index (κ2) is 7.76. The topological polar surface area (TPSA) is 93.8 Å². The summed E-state index contributed by atoms with van der Waals surface area (Å²) in [4.78, 5) is 22.6. The number of ether oxygens (including phenoxy) is 1. The fourth-order valence-electron chi connectivity index (χ4n) is 1.92. The quantitative estimate of drug-likeness (QED) is 0.495. The van der Waals surface area contributed by atoms with Gasteiger partial charge in [-0.25, -0.2) is 5.43 Å². The number of hydrogen-bond donors (Lipinski definition) is 1. The Labute approximate surface area is 147 Å². The van der Waals surface area contributed by atoms with Gasteiger partial charge in [0.25, 0.3) is 11.6 Å². The number of nitro groups is 1. The predicted octanol–water partition coefficient (Wildman–Crippen LogP) is 3.67. The number of rotatable bonds is 5. The maximum Gasteiger partial charge on any atom is 0.278 e. The highest BCUT2D eigenvalue weighted by Crippen LogP contribution is 2.32. The highest BCUT2D eigenvalue weighted by Gasteiger charge is 2.16. The third-order valence-corrected chi connectivity index (χ3v) is 3.46. The van der Waals surface area contributed by atoms with Gasteiger partial charge in [-0.05, 0) is 18.2 Å². The van der Waals surface area contributed by atoms with Gasteiger partial charge in [0.05, 0.1) is 34.4 Å². The van der Waals surface area contributed by atoms with Crippen molar-refractivity contribution >= 4 is 41.0 Å². The van der Waals surface area contributed by atoms with Gasteiger partial charge in [-0.15, -0.1) is 0 Å². The van der Waals surface area contributed by atoms with Gasteiger partial charge in [0.15, 0.2) is 0 Å². The molecular formula is C15H11Cl2N3O4. The Kier molecular flexibility index (Phi) is 5.73. The number of benzene rings is 2. The minimum absolute atomic E-state index is 0.0923. The molecule has 0 aliphatic heterocycles. The van der Waals surface area contributed by atoms with E-state index < -0.39 is 10.8 Å². The SMILES string of the molecule is COc1c(Cl)cc(Cl)cc1C(=O)N/N=C\c1ccccc1[N+](=O)[O-]. The molecule has 0 spiro atoms. The predicted molar refractivity (Wildman–Crippen MR) is 91.2 cm³/mol.